The molecular formula is C8H8INO2. The fourth-order valence-electron chi connectivity index (χ4n) is 0.851. The van der Waals surface area contributed by atoms with E-state index in [4.69, 9.17) is 5.11 Å². The molecule has 0 radical (unpaired) electrons. The van der Waals surface area contributed by atoms with Crippen LogP contribution in [0.1, 0.15) is 10.4 Å². The predicted octanol–water partition coefficient (Wildman–Crippen LogP) is 2.03. The Balaban J connectivity index is 3.10. The van der Waals surface area contributed by atoms with Crippen molar-refractivity contribution in [2.45, 2.75) is 0 Å². The first-order chi connectivity index (χ1) is 5.65. The highest BCUT2D eigenvalue weighted by Gasteiger charge is 2.04. The van der Waals surface area contributed by atoms with Gasteiger partial charge in [0.1, 0.15) is 0 Å². The van der Waals surface area contributed by atoms with E-state index >= 15 is 0 Å². The lowest BCUT2D eigenvalue weighted by Gasteiger charge is -2.03. The number of rotatable bonds is 2. The third kappa shape index (κ3) is 1.88. The second-order valence-electron chi connectivity index (χ2n) is 2.25. The monoisotopic (exact) mass is 277 g/mol. The van der Waals surface area contributed by atoms with Gasteiger partial charge in [-0.1, -0.05) is 0 Å². The second-order valence-corrected chi connectivity index (χ2v) is 3.41. The maximum absolute atomic E-state index is 10.5. The Hall–Kier alpha value is -0.780. The van der Waals surface area contributed by atoms with Gasteiger partial charge in [0.2, 0.25) is 0 Å². The van der Waals surface area contributed by atoms with Gasteiger partial charge in [-0.3, -0.25) is 0 Å². The highest BCUT2D eigenvalue weighted by molar-refractivity contribution is 14.1. The minimum Gasteiger partial charge on any atom is -0.478 e. The van der Waals surface area contributed by atoms with Crippen LogP contribution in [-0.4, -0.2) is 18.1 Å². The van der Waals surface area contributed by atoms with E-state index in [9.17, 15) is 4.79 Å². The standard InChI is InChI=1S/C8H8INO2/c1-10-7-3-2-5(8(11)12)4-6(7)9/h2-4,10H,1H3,(H,11,12). The van der Waals surface area contributed by atoms with E-state index in [1.54, 1.807) is 25.2 Å². The Bertz CT molecular complexity index is 312. The van der Waals surface area contributed by atoms with Crippen LogP contribution in [0.3, 0.4) is 0 Å². The molecule has 0 aromatic heterocycles. The summed E-state index contributed by atoms with van der Waals surface area (Å²) in [5, 5.41) is 11.6. The fraction of sp³-hybridized carbons (Fsp3) is 0.125. The number of carboxylic acids is 1. The Labute approximate surface area is 83.9 Å². The van der Waals surface area contributed by atoms with Gasteiger partial charge in [-0.15, -0.1) is 0 Å². The highest BCUT2D eigenvalue weighted by atomic mass is 127. The van der Waals surface area contributed by atoms with Gasteiger partial charge >= 0.3 is 5.97 Å². The van der Waals surface area contributed by atoms with Gasteiger partial charge in [-0.2, -0.15) is 0 Å². The number of halogens is 1. The summed E-state index contributed by atoms with van der Waals surface area (Å²) in [6.07, 6.45) is 0. The minimum absolute atomic E-state index is 0.318. The molecule has 0 spiro atoms. The number of hydrogen-bond donors (Lipinski definition) is 2. The van der Waals surface area contributed by atoms with Gasteiger partial charge in [0.05, 0.1) is 5.56 Å². The van der Waals surface area contributed by atoms with Crippen molar-refractivity contribution in [3.05, 3.63) is 27.3 Å². The molecule has 0 aliphatic rings. The average Bonchev–Trinajstić information content (AvgIpc) is 2.04. The molecular weight excluding hydrogens is 269 g/mol. The van der Waals surface area contributed by atoms with Crippen LogP contribution in [0, 0.1) is 3.57 Å². The van der Waals surface area contributed by atoms with E-state index in [1.807, 2.05) is 0 Å². The molecule has 1 aromatic carbocycles. The number of anilines is 1. The lowest BCUT2D eigenvalue weighted by molar-refractivity contribution is 0.0697. The normalized spacial score (nSPS) is 9.50. The summed E-state index contributed by atoms with van der Waals surface area (Å²) in [5.41, 5.74) is 1.26. The summed E-state index contributed by atoms with van der Waals surface area (Å²) < 4.78 is 0.912. The first kappa shape index (κ1) is 9.31. The molecule has 0 aliphatic heterocycles. The van der Waals surface area contributed by atoms with Crippen molar-refractivity contribution in [3.63, 3.8) is 0 Å². The van der Waals surface area contributed by atoms with Crippen LogP contribution in [0.2, 0.25) is 0 Å². The van der Waals surface area contributed by atoms with Crippen LogP contribution < -0.4 is 5.32 Å². The van der Waals surface area contributed by atoms with Gasteiger partial charge in [0.25, 0.3) is 0 Å². The topological polar surface area (TPSA) is 49.3 Å². The van der Waals surface area contributed by atoms with E-state index < -0.39 is 5.97 Å². The zero-order valence-electron chi connectivity index (χ0n) is 6.47. The SMILES string of the molecule is CNc1ccc(C(=O)O)cc1I. The summed E-state index contributed by atoms with van der Waals surface area (Å²) in [4.78, 5) is 10.5. The van der Waals surface area contributed by atoms with Gasteiger partial charge in [-0.05, 0) is 40.8 Å². The summed E-state index contributed by atoms with van der Waals surface area (Å²) in [7, 11) is 1.80. The molecule has 0 heterocycles. The smallest absolute Gasteiger partial charge is 0.335 e. The molecule has 12 heavy (non-hydrogen) atoms. The molecule has 0 saturated heterocycles. The molecule has 64 valence electrons. The summed E-state index contributed by atoms with van der Waals surface area (Å²) in [6.45, 7) is 0. The number of carboxylic acid groups (broad SMARTS) is 1. The highest BCUT2D eigenvalue weighted by Crippen LogP contribution is 2.18. The van der Waals surface area contributed by atoms with Crippen molar-refractivity contribution in [1.82, 2.24) is 0 Å². The van der Waals surface area contributed by atoms with Crippen molar-refractivity contribution in [1.29, 1.82) is 0 Å². The van der Waals surface area contributed by atoms with Gasteiger partial charge < -0.3 is 10.4 Å². The number of carbonyl (C=O) groups is 1. The number of hydrogen-bond acceptors (Lipinski definition) is 2. The van der Waals surface area contributed by atoms with Gasteiger partial charge in [0, 0.05) is 16.3 Å². The third-order valence-electron chi connectivity index (χ3n) is 1.49. The van der Waals surface area contributed by atoms with Crippen LogP contribution in [0.4, 0.5) is 5.69 Å². The van der Waals surface area contributed by atoms with Crippen LogP contribution in [0.25, 0.3) is 0 Å². The molecule has 0 unspecified atom stereocenters. The zero-order valence-corrected chi connectivity index (χ0v) is 8.62. The Morgan fingerprint density at radius 3 is 2.67 bits per heavy atom. The maximum atomic E-state index is 10.5. The first-order valence-corrected chi connectivity index (χ1v) is 4.43. The lowest BCUT2D eigenvalue weighted by atomic mass is 10.2. The molecule has 0 bridgehead atoms. The van der Waals surface area contributed by atoms with E-state index in [0.717, 1.165) is 9.26 Å². The van der Waals surface area contributed by atoms with Crippen molar-refractivity contribution < 1.29 is 9.90 Å². The lowest BCUT2D eigenvalue weighted by Crippen LogP contribution is -1.98. The van der Waals surface area contributed by atoms with Crippen molar-refractivity contribution in [2.24, 2.45) is 0 Å². The molecule has 4 heteroatoms. The molecule has 1 rings (SSSR count). The molecule has 0 aliphatic carbocycles. The second kappa shape index (κ2) is 3.75. The molecule has 0 fully saturated rings. The van der Waals surface area contributed by atoms with Crippen LogP contribution in [0.15, 0.2) is 18.2 Å². The molecule has 1 aromatic rings. The summed E-state index contributed by atoms with van der Waals surface area (Å²) in [6, 6.07) is 4.97. The Morgan fingerprint density at radius 1 is 1.58 bits per heavy atom. The van der Waals surface area contributed by atoms with Crippen LogP contribution in [-0.2, 0) is 0 Å². The maximum Gasteiger partial charge on any atom is 0.335 e. The number of benzene rings is 1. The van der Waals surface area contributed by atoms with E-state index in [0.29, 0.717) is 5.56 Å². The average molecular weight is 277 g/mol. The van der Waals surface area contributed by atoms with Crippen molar-refractivity contribution in [3.8, 4) is 0 Å². The third-order valence-corrected chi connectivity index (χ3v) is 2.38. The number of aromatic carboxylic acids is 1. The fourth-order valence-corrected chi connectivity index (χ4v) is 1.64. The van der Waals surface area contributed by atoms with E-state index in [2.05, 4.69) is 27.9 Å². The predicted molar refractivity (Wildman–Crippen MR) is 55.7 cm³/mol. The molecule has 0 amide bonds. The van der Waals surface area contributed by atoms with E-state index in [1.165, 1.54) is 0 Å². The molecule has 0 saturated carbocycles. The van der Waals surface area contributed by atoms with E-state index in [-0.39, 0.29) is 0 Å². The molecule has 2 N–H and O–H groups in total. The Kier molecular flexibility index (Phi) is 2.91. The molecule has 3 nitrogen and oxygen atoms in total. The van der Waals surface area contributed by atoms with Crippen LogP contribution >= 0.6 is 22.6 Å². The largest absolute Gasteiger partial charge is 0.478 e. The summed E-state index contributed by atoms with van der Waals surface area (Å²) in [5.74, 6) is -0.893. The minimum atomic E-state index is -0.893. The van der Waals surface area contributed by atoms with Gasteiger partial charge in [-0.25, -0.2) is 4.79 Å². The van der Waals surface area contributed by atoms with Crippen molar-refractivity contribution >= 4 is 34.2 Å². The first-order valence-electron chi connectivity index (χ1n) is 3.35. The number of nitrogens with one attached hydrogen (secondary N) is 1. The molecule has 0 atom stereocenters. The van der Waals surface area contributed by atoms with Crippen LogP contribution in [0.5, 0.6) is 0 Å². The quantitative estimate of drug-likeness (QED) is 0.813. The Morgan fingerprint density at radius 2 is 2.25 bits per heavy atom. The van der Waals surface area contributed by atoms with Gasteiger partial charge in [0.15, 0.2) is 0 Å². The zero-order chi connectivity index (χ0) is 9.14. The summed E-state index contributed by atoms with van der Waals surface area (Å²) >= 11 is 2.09. The van der Waals surface area contributed by atoms with Crippen molar-refractivity contribution in [2.75, 3.05) is 12.4 Å².